The van der Waals surface area contributed by atoms with Gasteiger partial charge in [-0.25, -0.2) is 0 Å². The summed E-state index contributed by atoms with van der Waals surface area (Å²) in [7, 11) is 0. The molecule has 0 aliphatic carbocycles. The normalized spacial score (nSPS) is 8.93. The first-order valence-corrected chi connectivity index (χ1v) is 5.09. The van der Waals surface area contributed by atoms with Crippen LogP contribution in [-0.4, -0.2) is 5.11 Å². The van der Waals surface area contributed by atoms with Crippen LogP contribution in [0, 0.1) is 0 Å². The molecule has 0 unspecified atom stereocenters. The van der Waals surface area contributed by atoms with E-state index in [9.17, 15) is 0 Å². The lowest BCUT2D eigenvalue weighted by Crippen LogP contribution is -1.61. The van der Waals surface area contributed by atoms with E-state index < -0.39 is 0 Å². The predicted molar refractivity (Wildman–Crippen MR) is 64.6 cm³/mol. The molecule has 2 rings (SSSR count). The fourth-order valence-corrected chi connectivity index (χ4v) is 1.13. The quantitative estimate of drug-likeness (QED) is 0.725. The molecule has 0 aliphatic rings. The standard InChI is InChI=1S/C6H5ClO.C6H5Cl/c7-5-1-3-6(8)4-2-5;7-6-4-2-1-3-5-6/h1-4,8H;1-5H. The van der Waals surface area contributed by atoms with Crippen molar-refractivity contribution in [2.75, 3.05) is 0 Å². The average Bonchev–Trinajstić information content (AvgIpc) is 2.25. The molecule has 3 heteroatoms. The minimum atomic E-state index is 0.245. The Morgan fingerprint density at radius 1 is 0.667 bits per heavy atom. The van der Waals surface area contributed by atoms with Crippen LogP contribution in [0.4, 0.5) is 0 Å². The van der Waals surface area contributed by atoms with Crippen LogP contribution in [0.5, 0.6) is 5.75 Å². The Balaban J connectivity index is 0.000000151. The lowest BCUT2D eigenvalue weighted by Gasteiger charge is -1.87. The van der Waals surface area contributed by atoms with Crippen LogP contribution in [0.25, 0.3) is 0 Å². The van der Waals surface area contributed by atoms with Crippen LogP contribution >= 0.6 is 23.2 Å². The van der Waals surface area contributed by atoms with Crippen LogP contribution in [0.2, 0.25) is 10.0 Å². The molecule has 0 bridgehead atoms. The molecule has 0 spiro atoms. The summed E-state index contributed by atoms with van der Waals surface area (Å²) >= 11 is 11.0. The summed E-state index contributed by atoms with van der Waals surface area (Å²) in [6.45, 7) is 0. The average molecular weight is 241 g/mol. The third kappa shape index (κ3) is 5.31. The highest BCUT2D eigenvalue weighted by atomic mass is 35.5. The summed E-state index contributed by atoms with van der Waals surface area (Å²) < 4.78 is 0. The second kappa shape index (κ2) is 6.33. The minimum Gasteiger partial charge on any atom is -0.508 e. The van der Waals surface area contributed by atoms with E-state index in [1.54, 1.807) is 24.3 Å². The van der Waals surface area contributed by atoms with Gasteiger partial charge in [-0.1, -0.05) is 41.4 Å². The molecule has 15 heavy (non-hydrogen) atoms. The number of phenols is 1. The maximum atomic E-state index is 8.70. The Bertz CT molecular complexity index is 363. The number of rotatable bonds is 0. The fourth-order valence-electron chi connectivity index (χ4n) is 0.856. The van der Waals surface area contributed by atoms with E-state index in [0.29, 0.717) is 5.02 Å². The molecule has 0 aromatic heterocycles. The first-order valence-electron chi connectivity index (χ1n) is 4.33. The van der Waals surface area contributed by atoms with Gasteiger partial charge in [0.05, 0.1) is 0 Å². The van der Waals surface area contributed by atoms with Gasteiger partial charge in [-0.05, 0) is 36.4 Å². The van der Waals surface area contributed by atoms with Crippen molar-refractivity contribution in [1.82, 2.24) is 0 Å². The van der Waals surface area contributed by atoms with E-state index in [4.69, 9.17) is 28.3 Å². The Hall–Kier alpha value is -1.18. The third-order valence-electron chi connectivity index (χ3n) is 1.56. The fraction of sp³-hybridized carbons (Fsp3) is 0. The number of aromatic hydroxyl groups is 1. The van der Waals surface area contributed by atoms with Crippen molar-refractivity contribution >= 4 is 23.2 Å². The van der Waals surface area contributed by atoms with Gasteiger partial charge in [0.1, 0.15) is 5.75 Å². The van der Waals surface area contributed by atoms with E-state index in [2.05, 4.69) is 0 Å². The van der Waals surface area contributed by atoms with Gasteiger partial charge in [0, 0.05) is 10.0 Å². The first kappa shape index (κ1) is 11.9. The maximum Gasteiger partial charge on any atom is 0.115 e. The highest BCUT2D eigenvalue weighted by Gasteiger charge is 1.84. The first-order chi connectivity index (χ1) is 7.18. The molecule has 0 amide bonds. The van der Waals surface area contributed by atoms with E-state index in [1.165, 1.54) is 0 Å². The highest BCUT2D eigenvalue weighted by Crippen LogP contribution is 2.12. The lowest BCUT2D eigenvalue weighted by molar-refractivity contribution is 0.475. The Labute approximate surface area is 98.9 Å². The van der Waals surface area contributed by atoms with Crippen molar-refractivity contribution in [3.8, 4) is 5.75 Å². The third-order valence-corrected chi connectivity index (χ3v) is 2.06. The molecule has 0 fully saturated rings. The Morgan fingerprint density at radius 3 is 1.47 bits per heavy atom. The molecule has 0 saturated heterocycles. The van der Waals surface area contributed by atoms with Crippen LogP contribution < -0.4 is 0 Å². The predicted octanol–water partition coefficient (Wildman–Crippen LogP) is 4.39. The maximum absolute atomic E-state index is 8.70. The molecule has 78 valence electrons. The monoisotopic (exact) mass is 240 g/mol. The highest BCUT2D eigenvalue weighted by molar-refractivity contribution is 6.30. The number of hydrogen-bond donors (Lipinski definition) is 1. The van der Waals surface area contributed by atoms with Gasteiger partial charge in [0.25, 0.3) is 0 Å². The van der Waals surface area contributed by atoms with E-state index in [1.807, 2.05) is 30.3 Å². The molecule has 0 atom stereocenters. The number of phenolic OH excluding ortho intramolecular Hbond substituents is 1. The van der Waals surface area contributed by atoms with E-state index >= 15 is 0 Å². The zero-order valence-corrected chi connectivity index (χ0v) is 9.41. The second-order valence-corrected chi connectivity index (χ2v) is 3.64. The second-order valence-electron chi connectivity index (χ2n) is 2.77. The zero-order valence-electron chi connectivity index (χ0n) is 7.90. The summed E-state index contributed by atoms with van der Waals surface area (Å²) in [6, 6.07) is 15.8. The van der Waals surface area contributed by atoms with Gasteiger partial charge in [-0.2, -0.15) is 0 Å². The summed E-state index contributed by atoms with van der Waals surface area (Å²) in [5, 5.41) is 10.1. The van der Waals surface area contributed by atoms with Crippen LogP contribution in [-0.2, 0) is 0 Å². The van der Waals surface area contributed by atoms with Gasteiger partial charge >= 0.3 is 0 Å². The van der Waals surface area contributed by atoms with E-state index in [-0.39, 0.29) is 5.75 Å². The lowest BCUT2D eigenvalue weighted by atomic mass is 10.3. The van der Waals surface area contributed by atoms with Crippen molar-refractivity contribution < 1.29 is 5.11 Å². The number of benzene rings is 2. The molecular weight excluding hydrogens is 231 g/mol. The van der Waals surface area contributed by atoms with Crippen molar-refractivity contribution in [3.05, 3.63) is 64.6 Å². The van der Waals surface area contributed by atoms with Crippen LogP contribution in [0.15, 0.2) is 54.6 Å². The number of hydrogen-bond acceptors (Lipinski definition) is 1. The van der Waals surface area contributed by atoms with Gasteiger partial charge in [0.2, 0.25) is 0 Å². The Kier molecular flexibility index (Phi) is 5.02. The summed E-state index contributed by atoms with van der Waals surface area (Å²) in [6.07, 6.45) is 0. The van der Waals surface area contributed by atoms with E-state index in [0.717, 1.165) is 5.02 Å². The molecule has 0 saturated carbocycles. The largest absolute Gasteiger partial charge is 0.508 e. The molecule has 2 aromatic carbocycles. The van der Waals surface area contributed by atoms with Crippen molar-refractivity contribution in [1.29, 1.82) is 0 Å². The van der Waals surface area contributed by atoms with Crippen molar-refractivity contribution in [2.45, 2.75) is 0 Å². The van der Waals surface area contributed by atoms with Crippen LogP contribution in [0.1, 0.15) is 0 Å². The summed E-state index contributed by atoms with van der Waals surface area (Å²) in [4.78, 5) is 0. The van der Waals surface area contributed by atoms with Crippen molar-refractivity contribution in [2.24, 2.45) is 0 Å². The molecule has 0 heterocycles. The van der Waals surface area contributed by atoms with Gasteiger partial charge in [-0.3, -0.25) is 0 Å². The summed E-state index contributed by atoms with van der Waals surface area (Å²) in [5.41, 5.74) is 0. The van der Waals surface area contributed by atoms with Gasteiger partial charge in [-0.15, -0.1) is 0 Å². The molecular formula is C12H10Cl2O. The zero-order chi connectivity index (χ0) is 11.1. The number of halogens is 2. The van der Waals surface area contributed by atoms with Crippen molar-refractivity contribution in [3.63, 3.8) is 0 Å². The molecule has 0 radical (unpaired) electrons. The topological polar surface area (TPSA) is 20.2 Å². The SMILES string of the molecule is Clc1ccccc1.Oc1ccc(Cl)cc1. The smallest absolute Gasteiger partial charge is 0.115 e. The molecule has 0 aliphatic heterocycles. The molecule has 1 nitrogen and oxygen atoms in total. The Morgan fingerprint density at radius 2 is 1.13 bits per heavy atom. The summed E-state index contributed by atoms with van der Waals surface area (Å²) in [5.74, 6) is 0.245. The van der Waals surface area contributed by atoms with Gasteiger partial charge in [0.15, 0.2) is 0 Å². The molecule has 1 N–H and O–H groups in total. The van der Waals surface area contributed by atoms with Crippen LogP contribution in [0.3, 0.4) is 0 Å². The minimum absolute atomic E-state index is 0.245. The van der Waals surface area contributed by atoms with Gasteiger partial charge < -0.3 is 5.11 Å². The molecule has 2 aromatic rings.